The molecular formula is C25H30N4O. The summed E-state index contributed by atoms with van der Waals surface area (Å²) in [5.74, 6) is 1.50. The third-order valence-corrected chi connectivity index (χ3v) is 6.68. The monoisotopic (exact) mass is 402 g/mol. The lowest BCUT2D eigenvalue weighted by Crippen LogP contribution is -2.54. The Hall–Kier alpha value is -2.82. The molecule has 0 radical (unpaired) electrons. The van der Waals surface area contributed by atoms with Gasteiger partial charge in [-0.2, -0.15) is 0 Å². The van der Waals surface area contributed by atoms with Crippen LogP contribution < -0.4 is 0 Å². The molecule has 0 aromatic carbocycles. The zero-order chi connectivity index (χ0) is 20.5. The van der Waals surface area contributed by atoms with E-state index in [1.54, 1.807) is 0 Å². The second-order valence-corrected chi connectivity index (χ2v) is 8.71. The van der Waals surface area contributed by atoms with E-state index in [9.17, 15) is 4.79 Å². The molecular weight excluding hydrogens is 372 g/mol. The fourth-order valence-electron chi connectivity index (χ4n) is 4.93. The maximum Gasteiger partial charge on any atom is 0.260 e. The Labute approximate surface area is 179 Å². The lowest BCUT2D eigenvalue weighted by molar-refractivity contribution is -0.124. The van der Waals surface area contributed by atoms with E-state index < -0.39 is 0 Å². The molecule has 5 nitrogen and oxygen atoms in total. The van der Waals surface area contributed by atoms with Gasteiger partial charge in [-0.25, -0.2) is 0 Å². The molecule has 5 heteroatoms. The number of aliphatic imine (C=N–C) groups is 1. The van der Waals surface area contributed by atoms with E-state index in [-0.39, 0.29) is 5.91 Å². The minimum absolute atomic E-state index is 0.144. The molecule has 2 aliphatic carbocycles. The van der Waals surface area contributed by atoms with Gasteiger partial charge in [0.15, 0.2) is 0 Å². The summed E-state index contributed by atoms with van der Waals surface area (Å²) < 4.78 is 0. The van der Waals surface area contributed by atoms with Crippen LogP contribution in [-0.2, 0) is 4.79 Å². The maximum absolute atomic E-state index is 13.6. The molecule has 1 unspecified atom stereocenters. The quantitative estimate of drug-likeness (QED) is 0.721. The zero-order valence-electron chi connectivity index (χ0n) is 17.8. The van der Waals surface area contributed by atoms with Crippen LogP contribution in [0, 0.1) is 5.92 Å². The van der Waals surface area contributed by atoms with Gasteiger partial charge in [-0.1, -0.05) is 49.5 Å². The molecule has 0 aromatic rings. The Morgan fingerprint density at radius 2 is 2.13 bits per heavy atom. The largest absolute Gasteiger partial charge is 0.372 e. The van der Waals surface area contributed by atoms with Gasteiger partial charge in [0.2, 0.25) is 5.96 Å². The van der Waals surface area contributed by atoms with E-state index in [1.807, 2.05) is 4.90 Å². The second kappa shape index (κ2) is 8.13. The molecule has 0 fully saturated rings. The maximum atomic E-state index is 13.6. The molecule has 30 heavy (non-hydrogen) atoms. The smallest absolute Gasteiger partial charge is 0.260 e. The molecule has 3 aliphatic heterocycles. The molecule has 5 rings (SSSR count). The van der Waals surface area contributed by atoms with E-state index in [2.05, 4.69) is 65.5 Å². The first-order valence-electron chi connectivity index (χ1n) is 11.2. The highest BCUT2D eigenvalue weighted by molar-refractivity contribution is 6.10. The third kappa shape index (κ3) is 3.57. The number of hydrogen-bond acceptors (Lipinski definition) is 4. The fourth-order valence-corrected chi connectivity index (χ4v) is 4.93. The van der Waals surface area contributed by atoms with E-state index in [0.29, 0.717) is 19.0 Å². The summed E-state index contributed by atoms with van der Waals surface area (Å²) in [5, 5.41) is 0. The van der Waals surface area contributed by atoms with Crippen LogP contribution in [0.5, 0.6) is 0 Å². The molecule has 156 valence electrons. The molecule has 3 heterocycles. The van der Waals surface area contributed by atoms with Crippen LogP contribution >= 0.6 is 0 Å². The number of carbonyl (C=O) groups is 1. The Bertz CT molecular complexity index is 946. The number of amides is 1. The van der Waals surface area contributed by atoms with Crippen LogP contribution in [0.3, 0.4) is 0 Å². The summed E-state index contributed by atoms with van der Waals surface area (Å²) >= 11 is 0. The Morgan fingerprint density at radius 3 is 3.00 bits per heavy atom. The highest BCUT2D eigenvalue weighted by Crippen LogP contribution is 2.33. The molecule has 0 N–H and O–H groups in total. The molecule has 1 atom stereocenters. The van der Waals surface area contributed by atoms with Gasteiger partial charge in [0.05, 0.1) is 18.7 Å². The number of allylic oxidation sites excluding steroid dienone is 8. The predicted octanol–water partition coefficient (Wildman–Crippen LogP) is 3.77. The van der Waals surface area contributed by atoms with Gasteiger partial charge >= 0.3 is 0 Å². The van der Waals surface area contributed by atoms with Crippen molar-refractivity contribution in [2.75, 3.05) is 32.7 Å². The topological polar surface area (TPSA) is 39.2 Å². The average Bonchev–Trinajstić information content (AvgIpc) is 3.16. The van der Waals surface area contributed by atoms with Gasteiger partial charge in [-0.05, 0) is 36.3 Å². The molecule has 1 amide bonds. The van der Waals surface area contributed by atoms with Crippen molar-refractivity contribution in [1.82, 2.24) is 14.7 Å². The SMILES string of the molecule is CC1CCC=CC=C1CN1C(=O)C2=C(CCN(/C=C3/C=CC=CC3)C2)N2CCN=C12. The first kappa shape index (κ1) is 19.2. The van der Waals surface area contributed by atoms with Crippen LogP contribution in [0.15, 0.2) is 76.1 Å². The van der Waals surface area contributed by atoms with E-state index in [0.717, 1.165) is 56.9 Å². The second-order valence-electron chi connectivity index (χ2n) is 8.71. The molecule has 0 saturated carbocycles. The van der Waals surface area contributed by atoms with Crippen LogP contribution in [0.4, 0.5) is 0 Å². The lowest BCUT2D eigenvalue weighted by atomic mass is 9.95. The minimum Gasteiger partial charge on any atom is -0.372 e. The summed E-state index contributed by atoms with van der Waals surface area (Å²) in [6, 6.07) is 0. The number of nitrogens with zero attached hydrogens (tertiary/aromatic N) is 4. The minimum atomic E-state index is 0.144. The highest BCUT2D eigenvalue weighted by Gasteiger charge is 2.41. The average molecular weight is 403 g/mol. The number of hydrogen-bond donors (Lipinski definition) is 0. The Balaban J connectivity index is 1.41. The predicted molar refractivity (Wildman–Crippen MR) is 121 cm³/mol. The Morgan fingerprint density at radius 1 is 1.20 bits per heavy atom. The van der Waals surface area contributed by atoms with Crippen molar-refractivity contribution in [1.29, 1.82) is 0 Å². The van der Waals surface area contributed by atoms with Gasteiger partial charge in [0.1, 0.15) is 0 Å². The number of guanidine groups is 1. The van der Waals surface area contributed by atoms with Crippen molar-refractivity contribution >= 4 is 11.9 Å². The van der Waals surface area contributed by atoms with Crippen LogP contribution in [0.25, 0.3) is 0 Å². The van der Waals surface area contributed by atoms with Crippen LogP contribution in [-0.4, -0.2) is 59.3 Å². The summed E-state index contributed by atoms with van der Waals surface area (Å²) in [5.41, 5.74) is 4.77. The summed E-state index contributed by atoms with van der Waals surface area (Å²) in [4.78, 5) is 24.9. The fraction of sp³-hybridized carbons (Fsp3) is 0.440. The lowest BCUT2D eigenvalue weighted by Gasteiger charge is -2.42. The van der Waals surface area contributed by atoms with Crippen molar-refractivity contribution in [2.24, 2.45) is 10.9 Å². The van der Waals surface area contributed by atoms with E-state index in [4.69, 9.17) is 4.99 Å². The van der Waals surface area contributed by atoms with Crippen molar-refractivity contribution < 1.29 is 4.79 Å². The summed E-state index contributed by atoms with van der Waals surface area (Å²) in [7, 11) is 0. The van der Waals surface area contributed by atoms with Gasteiger partial charge in [-0.3, -0.25) is 14.7 Å². The van der Waals surface area contributed by atoms with Crippen molar-refractivity contribution in [3.05, 3.63) is 71.1 Å². The molecule has 0 saturated heterocycles. The van der Waals surface area contributed by atoms with Crippen molar-refractivity contribution in [2.45, 2.75) is 32.6 Å². The molecule has 5 aliphatic rings. The van der Waals surface area contributed by atoms with Crippen LogP contribution in [0.1, 0.15) is 32.6 Å². The zero-order valence-corrected chi connectivity index (χ0v) is 17.8. The first-order chi connectivity index (χ1) is 14.7. The van der Waals surface area contributed by atoms with Gasteiger partial charge in [-0.15, -0.1) is 0 Å². The first-order valence-corrected chi connectivity index (χ1v) is 11.2. The van der Waals surface area contributed by atoms with E-state index in [1.165, 1.54) is 16.8 Å². The summed E-state index contributed by atoms with van der Waals surface area (Å²) in [6.07, 6.45) is 21.4. The highest BCUT2D eigenvalue weighted by atomic mass is 16.2. The number of carbonyl (C=O) groups excluding carboxylic acids is 1. The van der Waals surface area contributed by atoms with Crippen LogP contribution in [0.2, 0.25) is 0 Å². The normalized spacial score (nSPS) is 27.4. The van der Waals surface area contributed by atoms with Gasteiger partial charge in [0, 0.05) is 38.0 Å². The van der Waals surface area contributed by atoms with Gasteiger partial charge in [0.25, 0.3) is 5.91 Å². The standard InChI is InChI=1S/C25H30N4O/c1-19-8-4-2-7-11-21(19)17-29-24(30)22-18-27(16-20-9-5-3-6-10-20)14-12-23(22)28-15-13-26-25(28)29/h2-3,5-7,9,11,16,19H,4,8,10,12-15,17-18H2,1H3/b20-16-. The number of rotatable bonds is 3. The molecule has 0 spiro atoms. The Kier molecular flexibility index (Phi) is 5.19. The molecule has 0 aromatic heterocycles. The van der Waals surface area contributed by atoms with E-state index >= 15 is 0 Å². The van der Waals surface area contributed by atoms with Gasteiger partial charge < -0.3 is 9.80 Å². The van der Waals surface area contributed by atoms with Crippen molar-refractivity contribution in [3.63, 3.8) is 0 Å². The van der Waals surface area contributed by atoms with Crippen molar-refractivity contribution in [3.8, 4) is 0 Å². The number of fused-ring (bicyclic) bond motifs is 2. The molecule has 0 bridgehead atoms. The third-order valence-electron chi connectivity index (χ3n) is 6.68. The summed E-state index contributed by atoms with van der Waals surface area (Å²) in [6.45, 7) is 6.21.